The van der Waals surface area contributed by atoms with Gasteiger partial charge in [-0.05, 0) is 49.1 Å². The molecule has 0 atom stereocenters. The maximum absolute atomic E-state index is 12.8. The van der Waals surface area contributed by atoms with Gasteiger partial charge in [0.2, 0.25) is 0 Å². The topological polar surface area (TPSA) is 58.8 Å². The van der Waals surface area contributed by atoms with Crippen molar-refractivity contribution in [2.45, 2.75) is 25.8 Å². The fourth-order valence-electron chi connectivity index (χ4n) is 3.86. The van der Waals surface area contributed by atoms with Crippen LogP contribution in [0.3, 0.4) is 0 Å². The first kappa shape index (κ1) is 20.0. The summed E-state index contributed by atoms with van der Waals surface area (Å²) < 4.78 is 10.8. The van der Waals surface area contributed by atoms with E-state index in [1.807, 2.05) is 24.3 Å². The van der Waals surface area contributed by atoms with Gasteiger partial charge in [-0.25, -0.2) is 0 Å². The van der Waals surface area contributed by atoms with Crippen molar-refractivity contribution >= 4 is 11.6 Å². The Balaban J connectivity index is 1.42. The Hall–Kier alpha value is -3.28. The summed E-state index contributed by atoms with van der Waals surface area (Å²) in [7, 11) is 3.38. The lowest BCUT2D eigenvalue weighted by atomic mass is 10.1. The third-order valence-electron chi connectivity index (χ3n) is 5.53. The molecule has 0 radical (unpaired) electrons. The van der Waals surface area contributed by atoms with E-state index in [0.29, 0.717) is 18.1 Å². The number of ether oxygens (including phenoxy) is 1. The number of hydrogen-bond acceptors (Lipinski definition) is 5. The zero-order chi connectivity index (χ0) is 20.9. The van der Waals surface area contributed by atoms with Crippen molar-refractivity contribution in [3.05, 3.63) is 65.9 Å². The molecule has 2 heterocycles. The summed E-state index contributed by atoms with van der Waals surface area (Å²) in [5, 5.41) is 3.98. The number of benzene rings is 2. The van der Waals surface area contributed by atoms with Gasteiger partial charge in [-0.1, -0.05) is 29.4 Å². The summed E-state index contributed by atoms with van der Waals surface area (Å²) in [6, 6.07) is 17.6. The highest BCUT2D eigenvalue weighted by atomic mass is 16.5. The minimum atomic E-state index is -0.181. The molecule has 2 aromatic carbocycles. The van der Waals surface area contributed by atoms with Gasteiger partial charge in [0.25, 0.3) is 5.91 Å². The molecule has 0 spiro atoms. The van der Waals surface area contributed by atoms with Crippen molar-refractivity contribution in [3.8, 4) is 17.1 Å². The minimum absolute atomic E-state index is 0.181. The number of piperidine rings is 1. The van der Waals surface area contributed by atoms with E-state index in [-0.39, 0.29) is 11.6 Å². The molecular weight excluding hydrogens is 378 g/mol. The lowest BCUT2D eigenvalue weighted by molar-refractivity contribution is 0.0775. The van der Waals surface area contributed by atoms with E-state index in [1.165, 1.54) is 24.9 Å². The molecule has 1 saturated heterocycles. The second-order valence-electron chi connectivity index (χ2n) is 7.65. The minimum Gasteiger partial charge on any atom is -0.496 e. The van der Waals surface area contributed by atoms with Crippen LogP contribution in [0.4, 0.5) is 5.69 Å². The second kappa shape index (κ2) is 9.03. The number of nitrogens with zero attached hydrogens (tertiary/aromatic N) is 3. The monoisotopic (exact) mass is 405 g/mol. The zero-order valence-corrected chi connectivity index (χ0v) is 17.5. The highest BCUT2D eigenvalue weighted by Crippen LogP contribution is 2.30. The van der Waals surface area contributed by atoms with Crippen LogP contribution in [0.15, 0.2) is 59.1 Å². The number of anilines is 1. The molecule has 6 heteroatoms. The van der Waals surface area contributed by atoms with Crippen LogP contribution in [-0.4, -0.2) is 43.2 Å². The van der Waals surface area contributed by atoms with Gasteiger partial charge in [-0.2, -0.15) is 0 Å². The average molecular weight is 405 g/mol. The molecule has 156 valence electrons. The molecule has 0 saturated carbocycles. The predicted molar refractivity (Wildman–Crippen MR) is 117 cm³/mol. The fraction of sp³-hybridized carbons (Fsp3) is 0.333. The number of methoxy groups -OCH3 is 1. The number of aromatic nitrogens is 1. The van der Waals surface area contributed by atoms with Gasteiger partial charge in [0, 0.05) is 38.4 Å². The first-order chi connectivity index (χ1) is 14.7. The van der Waals surface area contributed by atoms with E-state index < -0.39 is 0 Å². The number of amides is 1. The second-order valence-corrected chi connectivity index (χ2v) is 7.65. The Morgan fingerprint density at radius 3 is 2.57 bits per heavy atom. The molecular formula is C24H27N3O3. The van der Waals surface area contributed by atoms with Gasteiger partial charge in [0.05, 0.1) is 12.7 Å². The van der Waals surface area contributed by atoms with Crippen LogP contribution >= 0.6 is 0 Å². The van der Waals surface area contributed by atoms with Gasteiger partial charge in [0.1, 0.15) is 5.75 Å². The smallest absolute Gasteiger partial charge is 0.276 e. The van der Waals surface area contributed by atoms with E-state index in [2.05, 4.69) is 34.3 Å². The molecule has 3 aromatic rings. The Labute approximate surface area is 177 Å². The van der Waals surface area contributed by atoms with Crippen LogP contribution in [0.1, 0.15) is 35.3 Å². The normalized spacial score (nSPS) is 13.9. The molecule has 6 nitrogen and oxygen atoms in total. The van der Waals surface area contributed by atoms with Crippen LogP contribution in [0.25, 0.3) is 11.3 Å². The van der Waals surface area contributed by atoms with Crippen molar-refractivity contribution < 1.29 is 14.1 Å². The van der Waals surface area contributed by atoms with Crippen molar-refractivity contribution in [3.63, 3.8) is 0 Å². The summed E-state index contributed by atoms with van der Waals surface area (Å²) in [6.07, 6.45) is 3.84. The van der Waals surface area contributed by atoms with Crippen molar-refractivity contribution in [2.75, 3.05) is 32.1 Å². The molecule has 30 heavy (non-hydrogen) atoms. The Morgan fingerprint density at radius 1 is 1.10 bits per heavy atom. The highest BCUT2D eigenvalue weighted by molar-refractivity contribution is 5.93. The third kappa shape index (κ3) is 4.32. The van der Waals surface area contributed by atoms with E-state index in [9.17, 15) is 4.79 Å². The molecule has 4 rings (SSSR count). The summed E-state index contributed by atoms with van der Waals surface area (Å²) in [5.74, 6) is 1.00. The first-order valence-electron chi connectivity index (χ1n) is 10.3. The van der Waals surface area contributed by atoms with E-state index >= 15 is 0 Å². The molecule has 1 aromatic heterocycles. The lowest BCUT2D eigenvalue weighted by Gasteiger charge is -2.29. The van der Waals surface area contributed by atoms with E-state index in [0.717, 1.165) is 24.2 Å². The quantitative estimate of drug-likeness (QED) is 0.599. The van der Waals surface area contributed by atoms with Gasteiger partial charge < -0.3 is 19.1 Å². The largest absolute Gasteiger partial charge is 0.496 e. The number of carbonyl (C=O) groups excluding carboxylic acids is 1. The maximum atomic E-state index is 12.8. The molecule has 1 aliphatic heterocycles. The average Bonchev–Trinajstić information content (AvgIpc) is 3.29. The predicted octanol–water partition coefficient (Wildman–Crippen LogP) is 4.61. The van der Waals surface area contributed by atoms with Crippen LogP contribution in [0.2, 0.25) is 0 Å². The van der Waals surface area contributed by atoms with Gasteiger partial charge >= 0.3 is 0 Å². The van der Waals surface area contributed by atoms with Crippen LogP contribution in [0, 0.1) is 0 Å². The lowest BCUT2D eigenvalue weighted by Crippen LogP contribution is -2.29. The Bertz CT molecular complexity index is 991. The fourth-order valence-corrected chi connectivity index (χ4v) is 3.86. The van der Waals surface area contributed by atoms with E-state index in [1.54, 1.807) is 25.1 Å². The van der Waals surface area contributed by atoms with Gasteiger partial charge in [-0.15, -0.1) is 0 Å². The van der Waals surface area contributed by atoms with Gasteiger partial charge in [0.15, 0.2) is 11.5 Å². The molecule has 1 aliphatic rings. The number of para-hydroxylation sites is 1. The van der Waals surface area contributed by atoms with Crippen molar-refractivity contribution in [1.29, 1.82) is 0 Å². The molecule has 0 bridgehead atoms. The van der Waals surface area contributed by atoms with Crippen LogP contribution in [0.5, 0.6) is 5.75 Å². The summed E-state index contributed by atoms with van der Waals surface area (Å²) >= 11 is 0. The molecule has 1 amide bonds. The van der Waals surface area contributed by atoms with Gasteiger partial charge in [-0.3, -0.25) is 4.79 Å². The summed E-state index contributed by atoms with van der Waals surface area (Å²) in [6.45, 7) is 2.76. The number of rotatable bonds is 6. The van der Waals surface area contributed by atoms with Crippen molar-refractivity contribution in [1.82, 2.24) is 10.1 Å². The molecule has 0 unspecified atom stereocenters. The number of carbonyl (C=O) groups is 1. The summed E-state index contributed by atoms with van der Waals surface area (Å²) in [5.41, 5.74) is 3.39. The van der Waals surface area contributed by atoms with Crippen LogP contribution < -0.4 is 9.64 Å². The Morgan fingerprint density at radius 2 is 1.83 bits per heavy atom. The maximum Gasteiger partial charge on any atom is 0.276 e. The first-order valence-corrected chi connectivity index (χ1v) is 10.3. The summed E-state index contributed by atoms with van der Waals surface area (Å²) in [4.78, 5) is 16.9. The number of hydrogen-bond donors (Lipinski definition) is 0. The third-order valence-corrected chi connectivity index (χ3v) is 5.53. The SMILES string of the molecule is COc1ccccc1-c1cc(C(=O)N(C)Cc2ccc(N3CCCCC3)cc2)no1. The van der Waals surface area contributed by atoms with Crippen molar-refractivity contribution in [2.24, 2.45) is 0 Å². The standard InChI is InChI=1S/C24H27N3O3/c1-26(17-18-10-12-19(13-11-18)27-14-6-3-7-15-27)24(28)21-16-23(30-25-21)20-8-4-5-9-22(20)29-2/h4-5,8-13,16H,3,6-7,14-15,17H2,1-2H3. The highest BCUT2D eigenvalue weighted by Gasteiger charge is 2.19. The Kier molecular flexibility index (Phi) is 6.02. The van der Waals surface area contributed by atoms with E-state index in [4.69, 9.17) is 9.26 Å². The molecule has 1 fully saturated rings. The zero-order valence-electron chi connectivity index (χ0n) is 17.5. The molecule has 0 aliphatic carbocycles. The molecule has 0 N–H and O–H groups in total. The van der Waals surface area contributed by atoms with Crippen LogP contribution in [-0.2, 0) is 6.54 Å².